The highest BCUT2D eigenvalue weighted by Crippen LogP contribution is 2.14. The average Bonchev–Trinajstić information content (AvgIpc) is 2.41. The number of non-ortho nitro benzene ring substituents is 1. The van der Waals surface area contributed by atoms with Crippen molar-refractivity contribution in [3.8, 4) is 0 Å². The number of carboxylic acid groups (broad SMARTS) is 1. The van der Waals surface area contributed by atoms with Gasteiger partial charge in [0.2, 0.25) is 0 Å². The Morgan fingerprint density at radius 1 is 1.25 bits per heavy atom. The number of pyridine rings is 1. The van der Waals surface area contributed by atoms with Crippen molar-refractivity contribution in [2.24, 2.45) is 0 Å². The first-order valence-corrected chi connectivity index (χ1v) is 5.65. The molecule has 2 rings (SSSR count). The van der Waals surface area contributed by atoms with Gasteiger partial charge in [-0.1, -0.05) is 18.2 Å². The van der Waals surface area contributed by atoms with Gasteiger partial charge in [0.15, 0.2) is 0 Å². The van der Waals surface area contributed by atoms with Crippen LogP contribution >= 0.6 is 0 Å². The maximum absolute atomic E-state index is 11.7. The molecule has 0 fully saturated rings. The zero-order valence-corrected chi connectivity index (χ0v) is 10.2. The molecule has 0 aliphatic heterocycles. The number of nitro groups is 1. The molecule has 0 saturated carbocycles. The van der Waals surface area contributed by atoms with Crippen LogP contribution in [0.3, 0.4) is 0 Å². The van der Waals surface area contributed by atoms with Crippen LogP contribution in [0.2, 0.25) is 0 Å². The molecule has 0 radical (unpaired) electrons. The summed E-state index contributed by atoms with van der Waals surface area (Å²) in [6.45, 7) is -0.0387. The molecule has 102 valence electrons. The van der Waals surface area contributed by atoms with E-state index in [9.17, 15) is 19.7 Å². The lowest BCUT2D eigenvalue weighted by Gasteiger charge is -2.09. The number of aromatic nitrogens is 1. The lowest BCUT2D eigenvalue weighted by Crippen LogP contribution is -2.25. The number of nitrogens with zero attached hydrogens (tertiary/aromatic N) is 2. The normalized spacial score (nSPS) is 10.2. The van der Waals surface area contributed by atoms with E-state index in [0.717, 1.165) is 4.57 Å². The zero-order valence-electron chi connectivity index (χ0n) is 10.2. The molecule has 0 spiro atoms. The van der Waals surface area contributed by atoms with E-state index in [2.05, 4.69) is 0 Å². The third-order valence-corrected chi connectivity index (χ3v) is 2.73. The maximum atomic E-state index is 11.7. The number of rotatable bonds is 4. The number of benzene rings is 1. The van der Waals surface area contributed by atoms with E-state index >= 15 is 0 Å². The van der Waals surface area contributed by atoms with Crippen LogP contribution in [0.5, 0.6) is 0 Å². The van der Waals surface area contributed by atoms with Crippen LogP contribution < -0.4 is 5.56 Å². The van der Waals surface area contributed by atoms with Crippen LogP contribution in [0.1, 0.15) is 16.1 Å². The number of hydrogen-bond acceptors (Lipinski definition) is 4. The van der Waals surface area contributed by atoms with Crippen molar-refractivity contribution in [1.82, 2.24) is 4.57 Å². The average molecular weight is 274 g/mol. The Labute approximate surface area is 112 Å². The van der Waals surface area contributed by atoms with E-state index < -0.39 is 16.5 Å². The Morgan fingerprint density at radius 3 is 2.60 bits per heavy atom. The third kappa shape index (κ3) is 2.72. The van der Waals surface area contributed by atoms with Gasteiger partial charge in [-0.2, -0.15) is 0 Å². The number of carbonyl (C=O) groups is 1. The van der Waals surface area contributed by atoms with Gasteiger partial charge in [-0.25, -0.2) is 4.79 Å². The molecule has 0 atom stereocenters. The fraction of sp³-hybridized carbons (Fsp3) is 0.0769. The summed E-state index contributed by atoms with van der Waals surface area (Å²) in [6, 6.07) is 9.63. The molecule has 1 aromatic carbocycles. The monoisotopic (exact) mass is 274 g/mol. The van der Waals surface area contributed by atoms with Gasteiger partial charge in [0.25, 0.3) is 11.2 Å². The second-order valence-electron chi connectivity index (χ2n) is 4.07. The number of aromatic carboxylic acids is 1. The van der Waals surface area contributed by atoms with Crippen molar-refractivity contribution in [2.45, 2.75) is 6.54 Å². The van der Waals surface area contributed by atoms with Gasteiger partial charge in [-0.3, -0.25) is 19.5 Å². The van der Waals surface area contributed by atoms with Crippen molar-refractivity contribution in [3.05, 3.63) is 74.2 Å². The number of carboxylic acids is 1. The molecule has 0 saturated heterocycles. The summed E-state index contributed by atoms with van der Waals surface area (Å²) in [5, 5.41) is 19.7. The largest absolute Gasteiger partial charge is 0.477 e. The molecule has 1 N–H and O–H groups in total. The summed E-state index contributed by atoms with van der Waals surface area (Å²) in [4.78, 5) is 32.9. The van der Waals surface area contributed by atoms with Crippen molar-refractivity contribution in [2.75, 3.05) is 0 Å². The second kappa shape index (κ2) is 5.35. The minimum atomic E-state index is -1.23. The summed E-state index contributed by atoms with van der Waals surface area (Å²) in [5.74, 6) is -1.23. The lowest BCUT2D eigenvalue weighted by atomic mass is 10.2. The van der Waals surface area contributed by atoms with Crippen molar-refractivity contribution >= 4 is 11.7 Å². The molecule has 1 aromatic heterocycles. The lowest BCUT2D eigenvalue weighted by molar-refractivity contribution is -0.384. The highest BCUT2D eigenvalue weighted by molar-refractivity contribution is 5.85. The molecule has 2 aromatic rings. The van der Waals surface area contributed by atoms with Crippen molar-refractivity contribution in [1.29, 1.82) is 0 Å². The summed E-state index contributed by atoms with van der Waals surface area (Å²) >= 11 is 0. The van der Waals surface area contributed by atoms with Crippen LogP contribution in [0, 0.1) is 10.1 Å². The minimum Gasteiger partial charge on any atom is -0.477 e. The van der Waals surface area contributed by atoms with Crippen LogP contribution in [0.15, 0.2) is 47.3 Å². The molecule has 0 amide bonds. The SMILES string of the molecule is O=C(O)c1cccc(=O)n1Cc1cccc([N+](=O)[O-])c1. The van der Waals surface area contributed by atoms with Crippen LogP contribution in [-0.2, 0) is 6.54 Å². The second-order valence-corrected chi connectivity index (χ2v) is 4.07. The van der Waals surface area contributed by atoms with Gasteiger partial charge in [0.1, 0.15) is 5.69 Å². The van der Waals surface area contributed by atoms with Gasteiger partial charge in [0, 0.05) is 18.2 Å². The molecular formula is C13H10N2O5. The van der Waals surface area contributed by atoms with Gasteiger partial charge in [0.05, 0.1) is 11.5 Å². The van der Waals surface area contributed by atoms with Crippen molar-refractivity contribution < 1.29 is 14.8 Å². The highest BCUT2D eigenvalue weighted by Gasteiger charge is 2.12. The third-order valence-electron chi connectivity index (χ3n) is 2.73. The standard InChI is InChI=1S/C13H10N2O5/c16-12-6-2-5-11(13(17)18)14(12)8-9-3-1-4-10(7-9)15(19)20/h1-7H,8H2,(H,17,18). The fourth-order valence-electron chi connectivity index (χ4n) is 1.82. The molecule has 1 heterocycles. The first-order chi connectivity index (χ1) is 9.49. The van der Waals surface area contributed by atoms with Gasteiger partial charge in [-0.05, 0) is 11.6 Å². The number of hydrogen-bond donors (Lipinski definition) is 1. The molecule has 20 heavy (non-hydrogen) atoms. The smallest absolute Gasteiger partial charge is 0.352 e. The summed E-state index contributed by atoms with van der Waals surface area (Å²) < 4.78 is 1.06. The maximum Gasteiger partial charge on any atom is 0.352 e. The first-order valence-electron chi connectivity index (χ1n) is 5.65. The Bertz CT molecular complexity index is 736. The Hall–Kier alpha value is -2.96. The van der Waals surface area contributed by atoms with E-state index in [1.807, 2.05) is 0 Å². The first kappa shape index (κ1) is 13.5. The Balaban J connectivity index is 2.45. The molecule has 0 unspecified atom stereocenters. The van der Waals surface area contributed by atoms with Crippen molar-refractivity contribution in [3.63, 3.8) is 0 Å². The van der Waals surface area contributed by atoms with Crippen LogP contribution in [0.25, 0.3) is 0 Å². The Morgan fingerprint density at radius 2 is 1.95 bits per heavy atom. The summed E-state index contributed by atoms with van der Waals surface area (Å²) in [6.07, 6.45) is 0. The minimum absolute atomic E-state index is 0.0387. The molecule has 0 aliphatic rings. The van der Waals surface area contributed by atoms with E-state index in [1.165, 1.54) is 36.4 Å². The fourth-order valence-corrected chi connectivity index (χ4v) is 1.82. The van der Waals surface area contributed by atoms with E-state index in [1.54, 1.807) is 6.07 Å². The summed E-state index contributed by atoms with van der Waals surface area (Å²) in [7, 11) is 0. The predicted molar refractivity (Wildman–Crippen MR) is 69.9 cm³/mol. The van der Waals surface area contributed by atoms with Crippen LogP contribution in [0.4, 0.5) is 5.69 Å². The van der Waals surface area contributed by atoms with Gasteiger partial charge in [-0.15, -0.1) is 0 Å². The van der Waals surface area contributed by atoms with E-state index in [4.69, 9.17) is 5.11 Å². The predicted octanol–water partition coefficient (Wildman–Crippen LogP) is 1.50. The summed E-state index contributed by atoms with van der Waals surface area (Å²) in [5.41, 5.74) is -0.265. The zero-order chi connectivity index (χ0) is 14.7. The van der Waals surface area contributed by atoms with Gasteiger partial charge >= 0.3 is 5.97 Å². The molecule has 7 nitrogen and oxygen atoms in total. The van der Waals surface area contributed by atoms with Crippen LogP contribution in [-0.4, -0.2) is 20.6 Å². The van der Waals surface area contributed by atoms with E-state index in [0.29, 0.717) is 5.56 Å². The van der Waals surface area contributed by atoms with Gasteiger partial charge < -0.3 is 5.11 Å². The highest BCUT2D eigenvalue weighted by atomic mass is 16.6. The molecular weight excluding hydrogens is 264 g/mol. The quantitative estimate of drug-likeness (QED) is 0.672. The molecule has 0 aliphatic carbocycles. The number of nitro benzene ring substituents is 1. The molecule has 7 heteroatoms. The Kier molecular flexibility index (Phi) is 3.60. The molecule has 0 bridgehead atoms. The van der Waals surface area contributed by atoms with E-state index in [-0.39, 0.29) is 17.9 Å². The topological polar surface area (TPSA) is 102 Å².